The molecule has 28 heavy (non-hydrogen) atoms. The summed E-state index contributed by atoms with van der Waals surface area (Å²) >= 11 is 0. The Morgan fingerprint density at radius 2 is 2.04 bits per heavy atom. The van der Waals surface area contributed by atoms with E-state index in [9.17, 15) is 4.79 Å². The molecule has 2 N–H and O–H groups in total. The maximum atomic E-state index is 12.2. The fourth-order valence-electron chi connectivity index (χ4n) is 2.95. The molecule has 0 saturated carbocycles. The lowest BCUT2D eigenvalue weighted by molar-refractivity contribution is 0.0398. The number of nitrogens with zero attached hydrogens (tertiary/aromatic N) is 3. The van der Waals surface area contributed by atoms with Crippen molar-refractivity contribution in [2.45, 2.75) is 6.42 Å². The largest absolute Gasteiger partial charge is 0.497 e. The number of rotatable bonds is 9. The quantitative estimate of drug-likeness (QED) is 0.671. The van der Waals surface area contributed by atoms with Gasteiger partial charge in [0.2, 0.25) is 0 Å². The van der Waals surface area contributed by atoms with Gasteiger partial charge in [-0.1, -0.05) is 12.1 Å². The molecule has 3 rings (SSSR count). The Bertz CT molecular complexity index is 748. The number of hydrogen-bond acceptors (Lipinski definition) is 7. The molecule has 1 amide bonds. The molecule has 0 unspecified atom stereocenters. The SMILES string of the molecule is COc1cccc(CCNC(=O)c2ccc(NCCN3CCOCC3)nn2)c1. The molecule has 0 radical (unpaired) electrons. The summed E-state index contributed by atoms with van der Waals surface area (Å²) in [6.45, 7) is 5.73. The van der Waals surface area contributed by atoms with Crippen LogP contribution in [0.1, 0.15) is 16.1 Å². The standard InChI is InChI=1S/C20H27N5O3/c1-27-17-4-2-3-16(15-17)7-8-22-20(26)18-5-6-19(24-23-18)21-9-10-25-11-13-28-14-12-25/h2-6,15H,7-14H2,1H3,(H,21,24)(H,22,26). The van der Waals surface area contributed by atoms with E-state index in [1.165, 1.54) is 0 Å². The molecular formula is C20H27N5O3. The van der Waals surface area contributed by atoms with Crippen molar-refractivity contribution in [2.24, 2.45) is 0 Å². The van der Waals surface area contributed by atoms with Crippen LogP contribution in [0.3, 0.4) is 0 Å². The molecule has 2 heterocycles. The first-order chi connectivity index (χ1) is 13.7. The first-order valence-corrected chi connectivity index (χ1v) is 9.53. The van der Waals surface area contributed by atoms with Crippen LogP contribution < -0.4 is 15.4 Å². The predicted octanol–water partition coefficient (Wildman–Crippen LogP) is 1.20. The van der Waals surface area contributed by atoms with E-state index < -0.39 is 0 Å². The molecule has 0 bridgehead atoms. The number of carbonyl (C=O) groups is 1. The number of amides is 1. The van der Waals surface area contributed by atoms with Gasteiger partial charge in [0.15, 0.2) is 5.69 Å². The lowest BCUT2D eigenvalue weighted by atomic mass is 10.1. The molecule has 8 heteroatoms. The maximum absolute atomic E-state index is 12.2. The molecule has 0 atom stereocenters. The number of anilines is 1. The number of hydrogen-bond donors (Lipinski definition) is 2. The van der Waals surface area contributed by atoms with Gasteiger partial charge >= 0.3 is 0 Å². The van der Waals surface area contributed by atoms with Crippen molar-refractivity contribution in [2.75, 3.05) is 58.4 Å². The molecule has 0 spiro atoms. The molecule has 0 aliphatic carbocycles. The molecule has 1 saturated heterocycles. The lowest BCUT2D eigenvalue weighted by Crippen LogP contribution is -2.39. The van der Waals surface area contributed by atoms with E-state index >= 15 is 0 Å². The summed E-state index contributed by atoms with van der Waals surface area (Å²) in [5.41, 5.74) is 1.41. The van der Waals surface area contributed by atoms with E-state index in [2.05, 4.69) is 25.7 Å². The van der Waals surface area contributed by atoms with E-state index in [1.807, 2.05) is 24.3 Å². The third kappa shape index (κ3) is 6.17. The normalized spacial score (nSPS) is 14.5. The number of nitrogens with one attached hydrogen (secondary N) is 2. The van der Waals surface area contributed by atoms with E-state index in [1.54, 1.807) is 19.2 Å². The molecule has 1 aliphatic rings. The van der Waals surface area contributed by atoms with Crippen molar-refractivity contribution >= 4 is 11.7 Å². The van der Waals surface area contributed by atoms with Crippen molar-refractivity contribution < 1.29 is 14.3 Å². The average molecular weight is 385 g/mol. The van der Waals surface area contributed by atoms with E-state index in [0.29, 0.717) is 18.1 Å². The highest BCUT2D eigenvalue weighted by molar-refractivity contribution is 5.92. The average Bonchev–Trinajstić information content (AvgIpc) is 2.75. The van der Waals surface area contributed by atoms with E-state index in [-0.39, 0.29) is 5.91 Å². The zero-order valence-electron chi connectivity index (χ0n) is 16.2. The smallest absolute Gasteiger partial charge is 0.271 e. The summed E-state index contributed by atoms with van der Waals surface area (Å²) in [6, 6.07) is 11.3. The predicted molar refractivity (Wildman–Crippen MR) is 107 cm³/mol. The van der Waals surface area contributed by atoms with Crippen LogP contribution in [-0.2, 0) is 11.2 Å². The lowest BCUT2D eigenvalue weighted by Gasteiger charge is -2.26. The number of methoxy groups -OCH3 is 1. The van der Waals surface area contributed by atoms with Gasteiger partial charge in [-0.25, -0.2) is 0 Å². The third-order valence-electron chi connectivity index (χ3n) is 4.57. The summed E-state index contributed by atoms with van der Waals surface area (Å²) < 4.78 is 10.5. The van der Waals surface area contributed by atoms with Crippen LogP contribution in [0.4, 0.5) is 5.82 Å². The topological polar surface area (TPSA) is 88.6 Å². The monoisotopic (exact) mass is 385 g/mol. The van der Waals surface area contributed by atoms with Crippen LogP contribution in [0.15, 0.2) is 36.4 Å². The Kier molecular flexibility index (Phi) is 7.57. The van der Waals surface area contributed by atoms with Crippen molar-refractivity contribution in [3.05, 3.63) is 47.7 Å². The molecule has 1 aliphatic heterocycles. The number of aromatic nitrogens is 2. The van der Waals surface area contributed by atoms with Gasteiger partial charge in [-0.2, -0.15) is 0 Å². The van der Waals surface area contributed by atoms with Gasteiger partial charge in [-0.3, -0.25) is 9.69 Å². The minimum Gasteiger partial charge on any atom is -0.497 e. The number of benzene rings is 1. The van der Waals surface area contributed by atoms with Gasteiger partial charge in [-0.05, 0) is 36.2 Å². The van der Waals surface area contributed by atoms with Gasteiger partial charge < -0.3 is 20.1 Å². The first kappa shape index (κ1) is 20.0. The van der Waals surface area contributed by atoms with Crippen LogP contribution >= 0.6 is 0 Å². The van der Waals surface area contributed by atoms with Gasteiger partial charge in [0.1, 0.15) is 11.6 Å². The third-order valence-corrected chi connectivity index (χ3v) is 4.57. The highest BCUT2D eigenvalue weighted by atomic mass is 16.5. The summed E-state index contributed by atoms with van der Waals surface area (Å²) in [5, 5.41) is 14.2. The summed E-state index contributed by atoms with van der Waals surface area (Å²) in [5.74, 6) is 1.25. The molecule has 8 nitrogen and oxygen atoms in total. The van der Waals surface area contributed by atoms with Crippen molar-refractivity contribution in [1.82, 2.24) is 20.4 Å². The minimum absolute atomic E-state index is 0.227. The maximum Gasteiger partial charge on any atom is 0.271 e. The van der Waals surface area contributed by atoms with Crippen LogP contribution in [0, 0.1) is 0 Å². The highest BCUT2D eigenvalue weighted by Crippen LogP contribution is 2.12. The van der Waals surface area contributed by atoms with Crippen molar-refractivity contribution in [1.29, 1.82) is 0 Å². The number of ether oxygens (including phenoxy) is 2. The molecule has 2 aromatic rings. The van der Waals surface area contributed by atoms with Crippen molar-refractivity contribution in [3.8, 4) is 5.75 Å². The number of morpholine rings is 1. The Hall–Kier alpha value is -2.71. The zero-order chi connectivity index (χ0) is 19.6. The second-order valence-corrected chi connectivity index (χ2v) is 6.54. The van der Waals surface area contributed by atoms with E-state index in [0.717, 1.165) is 57.1 Å². The molecular weight excluding hydrogens is 358 g/mol. The molecule has 1 aromatic carbocycles. The van der Waals surface area contributed by atoms with Crippen LogP contribution in [0.2, 0.25) is 0 Å². The van der Waals surface area contributed by atoms with Crippen LogP contribution in [0.25, 0.3) is 0 Å². The first-order valence-electron chi connectivity index (χ1n) is 9.53. The number of carbonyl (C=O) groups excluding carboxylic acids is 1. The van der Waals surface area contributed by atoms with E-state index in [4.69, 9.17) is 9.47 Å². The van der Waals surface area contributed by atoms with Gasteiger partial charge in [0, 0.05) is 32.7 Å². The highest BCUT2D eigenvalue weighted by Gasteiger charge is 2.10. The Labute approximate surface area is 165 Å². The molecule has 150 valence electrons. The van der Waals surface area contributed by atoms with Crippen LogP contribution in [-0.4, -0.2) is 74.1 Å². The summed E-state index contributed by atoms with van der Waals surface area (Å²) in [6.07, 6.45) is 0.720. The fraction of sp³-hybridized carbons (Fsp3) is 0.450. The van der Waals surface area contributed by atoms with Gasteiger partial charge in [-0.15, -0.1) is 10.2 Å². The minimum atomic E-state index is -0.227. The molecule has 1 fully saturated rings. The second kappa shape index (κ2) is 10.6. The Morgan fingerprint density at radius 1 is 1.18 bits per heavy atom. The Balaban J connectivity index is 1.39. The Morgan fingerprint density at radius 3 is 2.79 bits per heavy atom. The van der Waals surface area contributed by atoms with Crippen molar-refractivity contribution in [3.63, 3.8) is 0 Å². The van der Waals surface area contributed by atoms with Gasteiger partial charge in [0.05, 0.1) is 20.3 Å². The van der Waals surface area contributed by atoms with Gasteiger partial charge in [0.25, 0.3) is 5.91 Å². The van der Waals surface area contributed by atoms with Crippen LogP contribution in [0.5, 0.6) is 5.75 Å². The summed E-state index contributed by atoms with van der Waals surface area (Å²) in [4.78, 5) is 14.6. The zero-order valence-corrected chi connectivity index (χ0v) is 16.2. The fourth-order valence-corrected chi connectivity index (χ4v) is 2.95. The second-order valence-electron chi connectivity index (χ2n) is 6.54. The summed E-state index contributed by atoms with van der Waals surface area (Å²) in [7, 11) is 1.64. The molecule has 1 aromatic heterocycles.